The van der Waals surface area contributed by atoms with E-state index in [2.05, 4.69) is 23.7 Å². The minimum absolute atomic E-state index is 0.0738. The average Bonchev–Trinajstić information content (AvgIpc) is 2.98. The molecule has 0 unspecified atom stereocenters. The van der Waals surface area contributed by atoms with Crippen molar-refractivity contribution in [3.63, 3.8) is 0 Å². The smallest absolute Gasteiger partial charge is 0.296 e. The fourth-order valence-electron chi connectivity index (χ4n) is 4.52. The highest BCUT2D eigenvalue weighted by Gasteiger charge is 2.35. The Morgan fingerprint density at radius 1 is 1.06 bits per heavy atom. The standard InChI is InChI=1S/C26H26Cl2N2O2/c1-16-23(24(31)25(32)29-20-6-4-5-19(28)13-20)21-14-26(2,3)12-11-22(21)30(16)15-17-7-9-18(27)10-8-17/h4-10,13H,11-12,14-15H2,1-3H3,(H,29,32). The highest BCUT2D eigenvalue weighted by Crippen LogP contribution is 2.39. The van der Waals surface area contributed by atoms with Crippen LogP contribution in [0.2, 0.25) is 10.0 Å². The zero-order valence-corrected chi connectivity index (χ0v) is 20.0. The van der Waals surface area contributed by atoms with E-state index >= 15 is 0 Å². The van der Waals surface area contributed by atoms with Gasteiger partial charge >= 0.3 is 0 Å². The molecule has 2 aromatic carbocycles. The molecule has 32 heavy (non-hydrogen) atoms. The first kappa shape index (κ1) is 22.6. The second-order valence-corrected chi connectivity index (χ2v) is 10.1. The summed E-state index contributed by atoms with van der Waals surface area (Å²) >= 11 is 12.1. The van der Waals surface area contributed by atoms with Crippen molar-refractivity contribution in [1.29, 1.82) is 0 Å². The van der Waals surface area contributed by atoms with Crippen molar-refractivity contribution >= 4 is 40.6 Å². The molecule has 0 saturated heterocycles. The van der Waals surface area contributed by atoms with Crippen LogP contribution in [0, 0.1) is 12.3 Å². The molecule has 1 amide bonds. The van der Waals surface area contributed by atoms with Crippen LogP contribution >= 0.6 is 23.2 Å². The molecule has 0 fully saturated rings. The second-order valence-electron chi connectivity index (χ2n) is 9.23. The van der Waals surface area contributed by atoms with Crippen molar-refractivity contribution in [2.45, 2.75) is 46.6 Å². The minimum Gasteiger partial charge on any atom is -0.343 e. The monoisotopic (exact) mass is 468 g/mol. The molecule has 1 aliphatic carbocycles. The number of benzene rings is 2. The largest absolute Gasteiger partial charge is 0.343 e. The molecule has 0 bridgehead atoms. The predicted molar refractivity (Wildman–Crippen MR) is 130 cm³/mol. The fraction of sp³-hybridized carbons (Fsp3) is 0.308. The van der Waals surface area contributed by atoms with Crippen LogP contribution in [0.3, 0.4) is 0 Å². The van der Waals surface area contributed by atoms with E-state index in [9.17, 15) is 9.59 Å². The lowest BCUT2D eigenvalue weighted by Gasteiger charge is -2.31. The number of aromatic nitrogens is 1. The molecule has 1 N–H and O–H groups in total. The molecule has 0 atom stereocenters. The van der Waals surface area contributed by atoms with E-state index in [4.69, 9.17) is 23.2 Å². The van der Waals surface area contributed by atoms with Gasteiger partial charge in [0.1, 0.15) is 0 Å². The van der Waals surface area contributed by atoms with Gasteiger partial charge in [0, 0.05) is 33.7 Å². The van der Waals surface area contributed by atoms with Gasteiger partial charge in [-0.05, 0) is 73.1 Å². The maximum Gasteiger partial charge on any atom is 0.296 e. The number of nitrogens with one attached hydrogen (secondary N) is 1. The number of Topliss-reactive ketones (excluding diaryl/α,β-unsaturated/α-hetero) is 1. The lowest BCUT2D eigenvalue weighted by Crippen LogP contribution is -2.27. The number of amides is 1. The van der Waals surface area contributed by atoms with Crippen molar-refractivity contribution in [3.05, 3.63) is 86.7 Å². The van der Waals surface area contributed by atoms with Gasteiger partial charge in [-0.15, -0.1) is 0 Å². The summed E-state index contributed by atoms with van der Waals surface area (Å²) in [5.41, 5.74) is 5.18. The number of ketones is 1. The first-order valence-electron chi connectivity index (χ1n) is 10.7. The third-order valence-corrected chi connectivity index (χ3v) is 6.69. The van der Waals surface area contributed by atoms with Gasteiger partial charge in [-0.3, -0.25) is 9.59 Å². The summed E-state index contributed by atoms with van der Waals surface area (Å²) in [5.74, 6) is -1.16. The van der Waals surface area contributed by atoms with E-state index in [1.165, 1.54) is 0 Å². The number of rotatable bonds is 5. The van der Waals surface area contributed by atoms with Gasteiger partial charge in [-0.1, -0.05) is 55.2 Å². The van der Waals surface area contributed by atoms with E-state index in [-0.39, 0.29) is 5.41 Å². The molecule has 1 aromatic heterocycles. The Balaban J connectivity index is 1.72. The average molecular weight is 469 g/mol. The zero-order chi connectivity index (χ0) is 23.0. The van der Waals surface area contributed by atoms with Gasteiger partial charge in [0.15, 0.2) is 0 Å². The summed E-state index contributed by atoms with van der Waals surface area (Å²) in [6.45, 7) is 6.99. The van der Waals surface area contributed by atoms with Crippen molar-refractivity contribution in [2.24, 2.45) is 5.41 Å². The molecule has 1 heterocycles. The fourth-order valence-corrected chi connectivity index (χ4v) is 4.83. The number of carbonyl (C=O) groups is 2. The van der Waals surface area contributed by atoms with Crippen LogP contribution in [0.5, 0.6) is 0 Å². The Morgan fingerprint density at radius 3 is 2.47 bits per heavy atom. The summed E-state index contributed by atoms with van der Waals surface area (Å²) in [5, 5.41) is 3.89. The molecule has 4 rings (SSSR count). The predicted octanol–water partition coefficient (Wildman–Crippen LogP) is 6.49. The van der Waals surface area contributed by atoms with Crippen molar-refractivity contribution in [1.82, 2.24) is 4.57 Å². The topological polar surface area (TPSA) is 51.1 Å². The Kier molecular flexibility index (Phi) is 6.19. The normalized spacial score (nSPS) is 14.7. The minimum atomic E-state index is -0.648. The maximum absolute atomic E-state index is 13.4. The number of anilines is 1. The van der Waals surface area contributed by atoms with Crippen LogP contribution in [0.25, 0.3) is 0 Å². The molecule has 0 radical (unpaired) electrons. The molecular weight excluding hydrogens is 443 g/mol. The number of halogens is 2. The summed E-state index contributed by atoms with van der Waals surface area (Å²) in [6, 6.07) is 14.5. The number of carbonyl (C=O) groups excluding carboxylic acids is 2. The van der Waals surface area contributed by atoms with Crippen LogP contribution in [0.4, 0.5) is 5.69 Å². The second kappa shape index (κ2) is 8.76. The van der Waals surface area contributed by atoms with E-state index in [0.717, 1.165) is 41.8 Å². The van der Waals surface area contributed by atoms with Crippen molar-refractivity contribution < 1.29 is 9.59 Å². The van der Waals surface area contributed by atoms with Gasteiger partial charge in [0.2, 0.25) is 0 Å². The Morgan fingerprint density at radius 2 is 1.78 bits per heavy atom. The van der Waals surface area contributed by atoms with Gasteiger partial charge in [0.05, 0.1) is 5.56 Å². The van der Waals surface area contributed by atoms with Crippen LogP contribution in [-0.4, -0.2) is 16.3 Å². The molecule has 4 nitrogen and oxygen atoms in total. The summed E-state index contributed by atoms with van der Waals surface area (Å²) in [4.78, 5) is 26.3. The first-order valence-corrected chi connectivity index (χ1v) is 11.5. The van der Waals surface area contributed by atoms with E-state index < -0.39 is 11.7 Å². The Labute approximate surface area is 198 Å². The number of fused-ring (bicyclic) bond motifs is 1. The Bertz CT molecular complexity index is 1190. The highest BCUT2D eigenvalue weighted by molar-refractivity contribution is 6.47. The number of nitrogens with zero attached hydrogens (tertiary/aromatic N) is 1. The van der Waals surface area contributed by atoms with E-state index in [0.29, 0.717) is 27.8 Å². The lowest BCUT2D eigenvalue weighted by atomic mass is 9.75. The molecule has 0 spiro atoms. The van der Waals surface area contributed by atoms with Gasteiger partial charge in [-0.2, -0.15) is 0 Å². The lowest BCUT2D eigenvalue weighted by molar-refractivity contribution is -0.112. The third kappa shape index (κ3) is 4.62. The third-order valence-electron chi connectivity index (χ3n) is 6.21. The summed E-state index contributed by atoms with van der Waals surface area (Å²) in [6.07, 6.45) is 2.68. The molecule has 1 aliphatic rings. The molecule has 6 heteroatoms. The Hall–Kier alpha value is -2.56. The first-order chi connectivity index (χ1) is 15.1. The summed E-state index contributed by atoms with van der Waals surface area (Å²) < 4.78 is 2.19. The summed E-state index contributed by atoms with van der Waals surface area (Å²) in [7, 11) is 0. The SMILES string of the molecule is Cc1c(C(=O)C(=O)Nc2cccc(Cl)c2)c2c(n1Cc1ccc(Cl)cc1)CCC(C)(C)C2. The van der Waals surface area contributed by atoms with Gasteiger partial charge in [0.25, 0.3) is 11.7 Å². The number of hydrogen-bond acceptors (Lipinski definition) is 2. The quantitative estimate of drug-likeness (QED) is 0.343. The van der Waals surface area contributed by atoms with E-state index in [1.807, 2.05) is 31.2 Å². The maximum atomic E-state index is 13.4. The zero-order valence-electron chi connectivity index (χ0n) is 18.5. The van der Waals surface area contributed by atoms with Gasteiger partial charge in [-0.25, -0.2) is 0 Å². The molecule has 3 aromatic rings. The molecular formula is C26H26Cl2N2O2. The van der Waals surface area contributed by atoms with Crippen LogP contribution in [0.1, 0.15) is 53.1 Å². The molecule has 0 aliphatic heterocycles. The van der Waals surface area contributed by atoms with Crippen molar-refractivity contribution in [2.75, 3.05) is 5.32 Å². The molecule has 0 saturated carbocycles. The highest BCUT2D eigenvalue weighted by atomic mass is 35.5. The van der Waals surface area contributed by atoms with Crippen LogP contribution in [0.15, 0.2) is 48.5 Å². The van der Waals surface area contributed by atoms with Gasteiger partial charge < -0.3 is 9.88 Å². The number of hydrogen-bond donors (Lipinski definition) is 1. The van der Waals surface area contributed by atoms with E-state index in [1.54, 1.807) is 24.3 Å². The van der Waals surface area contributed by atoms with Crippen molar-refractivity contribution in [3.8, 4) is 0 Å². The molecule has 166 valence electrons. The van der Waals surface area contributed by atoms with Crippen LogP contribution < -0.4 is 5.32 Å². The van der Waals surface area contributed by atoms with Crippen LogP contribution in [-0.2, 0) is 24.2 Å².